The molecule has 0 fully saturated rings. The minimum Gasteiger partial charge on any atom is -0.0656 e. The summed E-state index contributed by atoms with van der Waals surface area (Å²) < 4.78 is 0. The number of hydrogen-bond acceptors (Lipinski definition) is 0. The topological polar surface area (TPSA) is 0 Å². The third kappa shape index (κ3) is 47.9. The largest absolute Gasteiger partial charge is 0.0656 e. The van der Waals surface area contributed by atoms with E-state index in [4.69, 9.17) is 0 Å². The zero-order valence-corrected chi connectivity index (χ0v) is 22.0. The van der Waals surface area contributed by atoms with Crippen molar-refractivity contribution >= 4 is 0 Å². The van der Waals surface area contributed by atoms with Crippen LogP contribution in [0.4, 0.5) is 0 Å². The van der Waals surface area contributed by atoms with Gasteiger partial charge in [0, 0.05) is 0 Å². The van der Waals surface area contributed by atoms with Gasteiger partial charge in [0.15, 0.2) is 0 Å². The van der Waals surface area contributed by atoms with Gasteiger partial charge in [-0.1, -0.05) is 206 Å². The molecule has 0 amide bonds. The van der Waals surface area contributed by atoms with Crippen molar-refractivity contribution in [3.63, 3.8) is 0 Å². The van der Waals surface area contributed by atoms with Crippen molar-refractivity contribution in [3.05, 3.63) is 146 Å². The van der Waals surface area contributed by atoms with Crippen LogP contribution in [-0.2, 0) is 0 Å². The maximum Gasteiger partial charge on any atom is -0.0590 e. The van der Waals surface area contributed by atoms with E-state index < -0.39 is 0 Å². The number of benzene rings is 4. The van der Waals surface area contributed by atoms with Crippen LogP contribution in [0.3, 0.4) is 0 Å². The smallest absolute Gasteiger partial charge is 0.0590 e. The van der Waals surface area contributed by atoms with Crippen molar-refractivity contribution in [2.24, 2.45) is 0 Å². The molecule has 0 saturated carbocycles. The predicted octanol–water partition coefficient (Wildman–Crippen LogP) is 11.0. The summed E-state index contributed by atoms with van der Waals surface area (Å²) in [6.07, 6.45) is 3.75. The maximum absolute atomic E-state index is 2.12. The molecule has 0 aliphatic carbocycles. The Morgan fingerprint density at radius 1 is 0.182 bits per heavy atom. The Kier molecular flexibility index (Phi) is 41.1. The highest BCUT2D eigenvalue weighted by molar-refractivity contribution is 5.00. The van der Waals surface area contributed by atoms with E-state index in [9.17, 15) is 0 Å². The number of rotatable bonds is 0. The van der Waals surface area contributed by atoms with Crippen LogP contribution in [0.1, 0.15) is 60.8 Å². The fourth-order valence-electron chi connectivity index (χ4n) is 1.54. The number of hydrogen-bond donors (Lipinski definition) is 0. The molecule has 0 nitrogen and oxygen atoms in total. The fraction of sp³-hybridized carbons (Fsp3) is 0.273. The van der Waals surface area contributed by atoms with E-state index in [2.05, 4.69) is 41.5 Å². The molecule has 0 aliphatic heterocycles. The Morgan fingerprint density at radius 3 is 0.242 bits per heavy atom. The van der Waals surface area contributed by atoms with Gasteiger partial charge >= 0.3 is 0 Å². The highest BCUT2D eigenvalue weighted by Crippen LogP contribution is 1.81. The molecule has 4 aromatic carbocycles. The SMILES string of the molecule is CCC.CCC.CCC.c1ccccc1.c1ccccc1.c1ccccc1.c1ccccc1. The van der Waals surface area contributed by atoms with Gasteiger partial charge in [-0.15, -0.1) is 0 Å². The molecule has 0 atom stereocenters. The first-order chi connectivity index (χ1) is 16.2. The summed E-state index contributed by atoms with van der Waals surface area (Å²) >= 11 is 0. The van der Waals surface area contributed by atoms with E-state index in [1.165, 1.54) is 19.3 Å². The second-order valence-corrected chi connectivity index (χ2v) is 6.74. The summed E-state index contributed by atoms with van der Waals surface area (Å²) in [4.78, 5) is 0. The van der Waals surface area contributed by atoms with Crippen LogP contribution in [0.25, 0.3) is 0 Å². The van der Waals surface area contributed by atoms with Gasteiger partial charge in [-0.05, 0) is 0 Å². The molecule has 0 aromatic heterocycles. The van der Waals surface area contributed by atoms with E-state index in [1.807, 2.05) is 146 Å². The van der Waals surface area contributed by atoms with Gasteiger partial charge in [-0.25, -0.2) is 0 Å². The first-order valence-electron chi connectivity index (χ1n) is 12.2. The standard InChI is InChI=1S/4C6H6.3C3H8/c4*1-2-4-6-5-3-1;3*1-3-2/h4*1-6H;3*3H2,1-2H3. The van der Waals surface area contributed by atoms with Crippen molar-refractivity contribution in [3.8, 4) is 0 Å². The molecule has 0 bridgehead atoms. The van der Waals surface area contributed by atoms with Gasteiger partial charge < -0.3 is 0 Å². The molecule has 4 aromatic rings. The molecule has 0 aliphatic rings. The first kappa shape index (κ1) is 34.5. The van der Waals surface area contributed by atoms with Crippen LogP contribution in [0.15, 0.2) is 146 Å². The van der Waals surface area contributed by atoms with Crippen molar-refractivity contribution in [2.75, 3.05) is 0 Å². The Hall–Kier alpha value is -3.12. The maximum atomic E-state index is 2.12. The molecule has 0 spiro atoms. The van der Waals surface area contributed by atoms with Gasteiger partial charge in [0.25, 0.3) is 0 Å². The van der Waals surface area contributed by atoms with Crippen LogP contribution >= 0.6 is 0 Å². The zero-order valence-electron chi connectivity index (χ0n) is 22.0. The average molecular weight is 445 g/mol. The highest BCUT2D eigenvalue weighted by Gasteiger charge is 1.59. The lowest BCUT2D eigenvalue weighted by atomic mass is 10.4. The van der Waals surface area contributed by atoms with Gasteiger partial charge in [0.2, 0.25) is 0 Å². The molecule has 0 unspecified atom stereocenters. The van der Waals surface area contributed by atoms with Gasteiger partial charge in [-0.3, -0.25) is 0 Å². The van der Waals surface area contributed by atoms with Gasteiger partial charge in [-0.2, -0.15) is 0 Å². The molecule has 0 N–H and O–H groups in total. The van der Waals surface area contributed by atoms with Crippen LogP contribution in [0.2, 0.25) is 0 Å². The van der Waals surface area contributed by atoms with Gasteiger partial charge in [0.05, 0.1) is 0 Å². The molecule has 0 radical (unpaired) electrons. The summed E-state index contributed by atoms with van der Waals surface area (Å²) in [6.45, 7) is 12.8. The molecule has 0 saturated heterocycles. The Labute approximate surface area is 206 Å². The van der Waals surface area contributed by atoms with Crippen LogP contribution < -0.4 is 0 Å². The summed E-state index contributed by atoms with van der Waals surface area (Å²) in [5.74, 6) is 0. The zero-order chi connectivity index (χ0) is 25.1. The lowest BCUT2D eigenvalue weighted by Gasteiger charge is -1.69. The van der Waals surface area contributed by atoms with Crippen molar-refractivity contribution < 1.29 is 0 Å². The van der Waals surface area contributed by atoms with Crippen molar-refractivity contribution in [1.82, 2.24) is 0 Å². The van der Waals surface area contributed by atoms with E-state index in [-0.39, 0.29) is 0 Å². The fourth-order valence-corrected chi connectivity index (χ4v) is 1.54. The average Bonchev–Trinajstić information content (AvgIpc) is 2.91. The second-order valence-electron chi connectivity index (χ2n) is 6.74. The van der Waals surface area contributed by atoms with E-state index in [0.717, 1.165) is 0 Å². The molecule has 33 heavy (non-hydrogen) atoms. The minimum absolute atomic E-state index is 1.25. The molecule has 4 rings (SSSR count). The van der Waals surface area contributed by atoms with E-state index in [0.29, 0.717) is 0 Å². The Morgan fingerprint density at radius 2 is 0.212 bits per heavy atom. The molecule has 0 heterocycles. The normalized spacial score (nSPS) is 7.45. The highest BCUT2D eigenvalue weighted by atomic mass is 13.7. The van der Waals surface area contributed by atoms with E-state index in [1.54, 1.807) is 0 Å². The Balaban J connectivity index is -0.000000327. The van der Waals surface area contributed by atoms with Crippen LogP contribution in [-0.4, -0.2) is 0 Å². The third-order valence-electron chi connectivity index (χ3n) is 2.67. The molecular weight excluding hydrogens is 396 g/mol. The molecular formula is C33H48. The summed E-state index contributed by atoms with van der Waals surface area (Å²) in [5.41, 5.74) is 0. The van der Waals surface area contributed by atoms with E-state index >= 15 is 0 Å². The Bertz CT molecular complexity index is 454. The lowest BCUT2D eigenvalue weighted by molar-refractivity contribution is 1.09. The van der Waals surface area contributed by atoms with Crippen LogP contribution in [0.5, 0.6) is 0 Å². The monoisotopic (exact) mass is 444 g/mol. The summed E-state index contributed by atoms with van der Waals surface area (Å²) in [5, 5.41) is 0. The molecule has 0 heteroatoms. The molecule has 180 valence electrons. The van der Waals surface area contributed by atoms with Crippen LogP contribution in [0, 0.1) is 0 Å². The van der Waals surface area contributed by atoms with Crippen molar-refractivity contribution in [1.29, 1.82) is 0 Å². The first-order valence-corrected chi connectivity index (χ1v) is 12.2. The minimum atomic E-state index is 1.25. The van der Waals surface area contributed by atoms with Crippen molar-refractivity contribution in [2.45, 2.75) is 60.8 Å². The lowest BCUT2D eigenvalue weighted by Crippen LogP contribution is -1.47. The second kappa shape index (κ2) is 39.4. The summed E-state index contributed by atoms with van der Waals surface area (Å²) in [6, 6.07) is 48.0. The predicted molar refractivity (Wildman–Crippen MR) is 154 cm³/mol. The van der Waals surface area contributed by atoms with Gasteiger partial charge in [0.1, 0.15) is 0 Å². The quantitative estimate of drug-likeness (QED) is 0.253. The summed E-state index contributed by atoms with van der Waals surface area (Å²) in [7, 11) is 0. The third-order valence-corrected chi connectivity index (χ3v) is 2.67.